The monoisotopic (exact) mass is 618 g/mol. The molecule has 2 aromatic carbocycles. The van der Waals surface area contributed by atoms with E-state index in [1.165, 1.54) is 0 Å². The number of carboxylic acid groups (broad SMARTS) is 1. The summed E-state index contributed by atoms with van der Waals surface area (Å²) in [7, 11) is 0. The van der Waals surface area contributed by atoms with Crippen LogP contribution in [-0.4, -0.2) is 60.1 Å². The van der Waals surface area contributed by atoms with E-state index >= 15 is 0 Å². The van der Waals surface area contributed by atoms with Gasteiger partial charge in [-0.05, 0) is 58.1 Å². The molecule has 0 saturated heterocycles. The summed E-state index contributed by atoms with van der Waals surface area (Å²) in [5, 5.41) is 17.2. The summed E-state index contributed by atoms with van der Waals surface area (Å²) >= 11 is 0. The van der Waals surface area contributed by atoms with Gasteiger partial charge in [0.15, 0.2) is 0 Å². The van der Waals surface area contributed by atoms with E-state index < -0.39 is 5.97 Å². The van der Waals surface area contributed by atoms with Crippen LogP contribution in [0.2, 0.25) is 0 Å². The van der Waals surface area contributed by atoms with Crippen LogP contribution in [0.5, 0.6) is 0 Å². The first-order valence-corrected chi connectivity index (χ1v) is 15.3. The number of rotatable bonds is 17. The highest BCUT2D eigenvalue weighted by Crippen LogP contribution is 2.09. The fourth-order valence-electron chi connectivity index (χ4n) is 3.30. The number of carbonyl (C=O) groups excluding carboxylic acids is 2. The Morgan fingerprint density at radius 1 is 0.591 bits per heavy atom. The van der Waals surface area contributed by atoms with E-state index in [4.69, 9.17) is 29.2 Å². The molecule has 0 spiro atoms. The van der Waals surface area contributed by atoms with Crippen molar-refractivity contribution in [1.29, 1.82) is 0 Å². The second-order valence-corrected chi connectivity index (χ2v) is 11.2. The third kappa shape index (κ3) is 22.3. The maximum atomic E-state index is 11.5. The Kier molecular flexibility index (Phi) is 23.2. The summed E-state index contributed by atoms with van der Waals surface area (Å²) in [6.45, 7) is 14.9. The van der Waals surface area contributed by atoms with Crippen LogP contribution in [0, 0.1) is 17.8 Å². The molecule has 0 amide bonds. The molecule has 0 aliphatic carbocycles. The lowest BCUT2D eigenvalue weighted by atomic mass is 10.1. The predicted octanol–water partition coefficient (Wildman–Crippen LogP) is 6.45. The average molecular weight is 619 g/mol. The standard InChI is InChI=1S/C15H22O3.C12H16O3.C8H16O3/c1-12(2)18-15(16)13(3)9-10-17-11-14-7-5-4-6-8-14;1-10(12(13)14)7-8-15-9-11-5-3-2-4-6-11;1-6(2)11-8(10)7(3)4-5-9/h4-8,12-13H,9-11H2,1-3H3;2-6,10H,7-9H2,1H3,(H,13,14);6-7,9H,4-5H2,1-3H3/t13-;10-;7-/m000/s1. The zero-order valence-electron chi connectivity index (χ0n) is 27.6. The second-order valence-electron chi connectivity index (χ2n) is 11.2. The minimum atomic E-state index is -0.765. The normalized spacial score (nSPS) is 12.6. The van der Waals surface area contributed by atoms with Gasteiger partial charge in [0.2, 0.25) is 0 Å². The Bertz CT molecular complexity index is 1010. The quantitative estimate of drug-likeness (QED) is 0.152. The van der Waals surface area contributed by atoms with Crippen molar-refractivity contribution >= 4 is 17.9 Å². The number of carboxylic acids is 1. The van der Waals surface area contributed by atoms with Gasteiger partial charge in [0.25, 0.3) is 0 Å². The van der Waals surface area contributed by atoms with Crippen LogP contribution in [0.25, 0.3) is 0 Å². The molecule has 2 aromatic rings. The molecule has 0 aliphatic heterocycles. The molecule has 3 atom stereocenters. The molecule has 2 N–H and O–H groups in total. The Hall–Kier alpha value is -3.27. The minimum Gasteiger partial charge on any atom is -0.481 e. The molecule has 0 radical (unpaired) electrons. The predicted molar refractivity (Wildman–Crippen MR) is 171 cm³/mol. The molecule has 248 valence electrons. The van der Waals surface area contributed by atoms with Crippen LogP contribution in [0.4, 0.5) is 0 Å². The number of ether oxygens (including phenoxy) is 4. The number of aliphatic hydroxyl groups excluding tert-OH is 1. The number of benzene rings is 2. The lowest BCUT2D eigenvalue weighted by molar-refractivity contribution is -0.153. The maximum absolute atomic E-state index is 11.5. The molecule has 0 aromatic heterocycles. The van der Waals surface area contributed by atoms with Gasteiger partial charge in [-0.3, -0.25) is 14.4 Å². The fourth-order valence-corrected chi connectivity index (χ4v) is 3.30. The SMILES string of the molecule is CC(C)OC(=O)[C@@H](C)CCO.CC(C)OC(=O)[C@@H](C)CCOCc1ccccc1.C[C@@H](CCOCc1ccccc1)C(=O)O. The van der Waals surface area contributed by atoms with E-state index in [1.54, 1.807) is 13.8 Å². The molecule has 0 heterocycles. The summed E-state index contributed by atoms with van der Waals surface area (Å²) in [6.07, 6.45) is 1.61. The van der Waals surface area contributed by atoms with Gasteiger partial charge in [0.05, 0.1) is 43.2 Å². The van der Waals surface area contributed by atoms with Gasteiger partial charge in [0, 0.05) is 19.8 Å². The molecule has 9 nitrogen and oxygen atoms in total. The van der Waals surface area contributed by atoms with Gasteiger partial charge in [0.1, 0.15) is 0 Å². The van der Waals surface area contributed by atoms with Crippen molar-refractivity contribution in [2.24, 2.45) is 17.8 Å². The topological polar surface area (TPSA) is 129 Å². The smallest absolute Gasteiger partial charge is 0.308 e. The first-order chi connectivity index (χ1) is 20.9. The number of carbonyl (C=O) groups is 3. The molecule has 2 rings (SSSR count). The maximum Gasteiger partial charge on any atom is 0.308 e. The van der Waals surface area contributed by atoms with Crippen LogP contribution >= 0.6 is 0 Å². The molecule has 0 bridgehead atoms. The van der Waals surface area contributed by atoms with Gasteiger partial charge >= 0.3 is 17.9 Å². The van der Waals surface area contributed by atoms with Crippen LogP contribution in [0.1, 0.15) is 78.9 Å². The third-order valence-corrected chi connectivity index (χ3v) is 6.11. The number of aliphatic hydroxyl groups is 1. The summed E-state index contributed by atoms with van der Waals surface area (Å²) in [4.78, 5) is 33.1. The number of esters is 2. The zero-order chi connectivity index (χ0) is 33.3. The summed E-state index contributed by atoms with van der Waals surface area (Å²) < 4.78 is 21.0. The Morgan fingerprint density at radius 3 is 1.30 bits per heavy atom. The van der Waals surface area contributed by atoms with Gasteiger partial charge in [-0.1, -0.05) is 81.4 Å². The molecule has 0 fully saturated rings. The van der Waals surface area contributed by atoms with Crippen molar-refractivity contribution < 1.29 is 43.5 Å². The molecule has 0 saturated carbocycles. The first kappa shape index (κ1) is 40.7. The van der Waals surface area contributed by atoms with Crippen molar-refractivity contribution in [3.05, 3.63) is 71.8 Å². The van der Waals surface area contributed by atoms with Crippen molar-refractivity contribution in [2.45, 2.75) is 93.2 Å². The highest BCUT2D eigenvalue weighted by molar-refractivity contribution is 5.72. The minimum absolute atomic E-state index is 0.0361. The molecule has 9 heteroatoms. The highest BCUT2D eigenvalue weighted by Gasteiger charge is 2.16. The summed E-state index contributed by atoms with van der Waals surface area (Å²) in [6, 6.07) is 19.8. The summed E-state index contributed by atoms with van der Waals surface area (Å²) in [5.41, 5.74) is 2.26. The Morgan fingerprint density at radius 2 is 0.955 bits per heavy atom. The lowest BCUT2D eigenvalue weighted by Crippen LogP contribution is -2.20. The van der Waals surface area contributed by atoms with E-state index in [1.807, 2.05) is 95.3 Å². The van der Waals surface area contributed by atoms with Crippen LogP contribution in [0.15, 0.2) is 60.7 Å². The van der Waals surface area contributed by atoms with E-state index in [0.29, 0.717) is 45.7 Å². The largest absolute Gasteiger partial charge is 0.481 e. The zero-order valence-corrected chi connectivity index (χ0v) is 27.6. The van der Waals surface area contributed by atoms with Gasteiger partial charge in [-0.15, -0.1) is 0 Å². The Balaban J connectivity index is 0.000000650. The third-order valence-electron chi connectivity index (χ3n) is 6.11. The van der Waals surface area contributed by atoms with Gasteiger partial charge < -0.3 is 29.2 Å². The second kappa shape index (κ2) is 25.1. The van der Waals surface area contributed by atoms with Crippen molar-refractivity contribution in [2.75, 3.05) is 19.8 Å². The van der Waals surface area contributed by atoms with Crippen molar-refractivity contribution in [3.63, 3.8) is 0 Å². The Labute approximate surface area is 263 Å². The van der Waals surface area contributed by atoms with E-state index in [2.05, 4.69) is 0 Å². The molecule has 0 unspecified atom stereocenters. The summed E-state index contributed by atoms with van der Waals surface area (Å²) in [5.74, 6) is -1.77. The molecular formula is C35H54O9. The highest BCUT2D eigenvalue weighted by atomic mass is 16.5. The first-order valence-electron chi connectivity index (χ1n) is 15.3. The van der Waals surface area contributed by atoms with Gasteiger partial charge in [-0.2, -0.15) is 0 Å². The lowest BCUT2D eigenvalue weighted by Gasteiger charge is -2.13. The van der Waals surface area contributed by atoms with E-state index in [-0.39, 0.29) is 48.5 Å². The number of hydrogen-bond donors (Lipinski definition) is 2. The fraction of sp³-hybridized carbons (Fsp3) is 0.571. The average Bonchev–Trinajstić information content (AvgIpc) is 2.98. The van der Waals surface area contributed by atoms with Crippen LogP contribution in [0.3, 0.4) is 0 Å². The van der Waals surface area contributed by atoms with Crippen LogP contribution < -0.4 is 0 Å². The van der Waals surface area contributed by atoms with Crippen molar-refractivity contribution in [1.82, 2.24) is 0 Å². The van der Waals surface area contributed by atoms with E-state index in [0.717, 1.165) is 11.1 Å². The number of hydrogen-bond acceptors (Lipinski definition) is 8. The van der Waals surface area contributed by atoms with E-state index in [9.17, 15) is 14.4 Å². The molecule has 0 aliphatic rings. The number of aliphatic carboxylic acids is 1. The molecular weight excluding hydrogens is 564 g/mol. The van der Waals surface area contributed by atoms with Crippen LogP contribution in [-0.2, 0) is 46.5 Å². The molecule has 44 heavy (non-hydrogen) atoms. The van der Waals surface area contributed by atoms with Gasteiger partial charge in [-0.25, -0.2) is 0 Å². The van der Waals surface area contributed by atoms with Crippen molar-refractivity contribution in [3.8, 4) is 0 Å².